The van der Waals surface area contributed by atoms with E-state index in [1.54, 1.807) is 10.6 Å². The Kier molecular flexibility index (Phi) is 1.94. The van der Waals surface area contributed by atoms with Gasteiger partial charge < -0.3 is 0 Å². The van der Waals surface area contributed by atoms with E-state index in [2.05, 4.69) is 25.9 Å². The first kappa shape index (κ1) is 8.48. The molecular formula is C7H2BrClN4. The van der Waals surface area contributed by atoms with Crippen LogP contribution in [0.2, 0.25) is 5.28 Å². The second kappa shape index (κ2) is 2.98. The summed E-state index contributed by atoms with van der Waals surface area (Å²) in [7, 11) is 0. The fourth-order valence-electron chi connectivity index (χ4n) is 0.973. The third-order valence-corrected chi connectivity index (χ3v) is 2.36. The molecular weight excluding hydrogens is 255 g/mol. The summed E-state index contributed by atoms with van der Waals surface area (Å²) in [6.07, 6.45) is 3.08. The molecule has 2 heterocycles. The molecule has 0 atom stereocenters. The lowest BCUT2D eigenvalue weighted by molar-refractivity contribution is 1.08. The first-order chi connectivity index (χ1) is 6.22. The highest BCUT2D eigenvalue weighted by molar-refractivity contribution is 9.10. The molecule has 0 fully saturated rings. The van der Waals surface area contributed by atoms with Gasteiger partial charge in [-0.25, -0.2) is 9.97 Å². The Bertz CT molecular complexity index is 474. The third-order valence-electron chi connectivity index (χ3n) is 1.52. The van der Waals surface area contributed by atoms with E-state index < -0.39 is 0 Å². The fourth-order valence-corrected chi connectivity index (χ4v) is 1.53. The zero-order valence-electron chi connectivity index (χ0n) is 6.20. The standard InChI is InChI=1S/C7H2BrClN4/c8-5-2-11-7(9)13-3-4(1-10)12-6(5)13/h2-3H. The van der Waals surface area contributed by atoms with Crippen LogP contribution in [0.4, 0.5) is 0 Å². The summed E-state index contributed by atoms with van der Waals surface area (Å²) in [6, 6.07) is 1.93. The minimum atomic E-state index is 0.284. The molecule has 13 heavy (non-hydrogen) atoms. The summed E-state index contributed by atoms with van der Waals surface area (Å²) < 4.78 is 2.25. The molecule has 0 saturated carbocycles. The Morgan fingerprint density at radius 1 is 1.62 bits per heavy atom. The van der Waals surface area contributed by atoms with Crippen molar-refractivity contribution >= 4 is 33.2 Å². The average molecular weight is 257 g/mol. The number of imidazole rings is 1. The first-order valence-corrected chi connectivity index (χ1v) is 4.48. The highest BCUT2D eigenvalue weighted by atomic mass is 79.9. The van der Waals surface area contributed by atoms with Crippen LogP contribution in [0.5, 0.6) is 0 Å². The second-order valence-electron chi connectivity index (χ2n) is 2.31. The lowest BCUT2D eigenvalue weighted by Crippen LogP contribution is -1.89. The second-order valence-corrected chi connectivity index (χ2v) is 3.50. The van der Waals surface area contributed by atoms with Gasteiger partial charge in [-0.15, -0.1) is 0 Å². The number of hydrogen-bond donors (Lipinski definition) is 0. The van der Waals surface area contributed by atoms with Gasteiger partial charge in [0.05, 0.1) is 4.47 Å². The molecule has 0 aliphatic heterocycles. The van der Waals surface area contributed by atoms with Gasteiger partial charge in [-0.2, -0.15) is 5.26 Å². The summed E-state index contributed by atoms with van der Waals surface area (Å²) in [6.45, 7) is 0. The molecule has 4 nitrogen and oxygen atoms in total. The van der Waals surface area contributed by atoms with Crippen molar-refractivity contribution < 1.29 is 0 Å². The van der Waals surface area contributed by atoms with Crippen LogP contribution in [-0.4, -0.2) is 14.4 Å². The van der Waals surface area contributed by atoms with Gasteiger partial charge in [0.1, 0.15) is 6.07 Å². The van der Waals surface area contributed by atoms with E-state index in [0.29, 0.717) is 15.8 Å². The van der Waals surface area contributed by atoms with Crippen molar-refractivity contribution in [3.05, 3.63) is 27.8 Å². The molecule has 0 saturated heterocycles. The molecule has 2 aromatic heterocycles. The summed E-state index contributed by atoms with van der Waals surface area (Å²) >= 11 is 9.04. The number of aromatic nitrogens is 3. The Morgan fingerprint density at radius 2 is 2.38 bits per heavy atom. The molecule has 0 aliphatic rings. The van der Waals surface area contributed by atoms with Crippen molar-refractivity contribution in [1.82, 2.24) is 14.4 Å². The molecule has 0 N–H and O–H groups in total. The minimum Gasteiger partial charge on any atom is -0.272 e. The quantitative estimate of drug-likeness (QED) is 0.679. The molecule has 0 aliphatic carbocycles. The summed E-state index contributed by atoms with van der Waals surface area (Å²) in [5.74, 6) is 0. The number of nitrogens with zero attached hydrogens (tertiary/aromatic N) is 4. The van der Waals surface area contributed by atoms with E-state index >= 15 is 0 Å². The van der Waals surface area contributed by atoms with E-state index in [9.17, 15) is 0 Å². The van der Waals surface area contributed by atoms with Gasteiger partial charge in [-0.1, -0.05) is 0 Å². The van der Waals surface area contributed by atoms with Crippen molar-refractivity contribution in [2.24, 2.45) is 0 Å². The fraction of sp³-hybridized carbons (Fsp3) is 0. The summed E-state index contributed by atoms with van der Waals surface area (Å²) in [5.41, 5.74) is 0.909. The highest BCUT2D eigenvalue weighted by Crippen LogP contribution is 2.19. The molecule has 64 valence electrons. The maximum Gasteiger partial charge on any atom is 0.208 e. The monoisotopic (exact) mass is 256 g/mol. The maximum atomic E-state index is 8.62. The van der Waals surface area contributed by atoms with Crippen molar-refractivity contribution in [3.8, 4) is 6.07 Å². The van der Waals surface area contributed by atoms with Crippen LogP contribution < -0.4 is 0 Å². The summed E-state index contributed by atoms with van der Waals surface area (Å²) in [5, 5.41) is 8.90. The maximum absolute atomic E-state index is 8.62. The van der Waals surface area contributed by atoms with Crippen molar-refractivity contribution in [1.29, 1.82) is 5.26 Å². The lowest BCUT2D eigenvalue weighted by atomic mass is 10.5. The van der Waals surface area contributed by atoms with Gasteiger partial charge in [-0.05, 0) is 27.5 Å². The van der Waals surface area contributed by atoms with E-state index in [1.165, 1.54) is 6.20 Å². The first-order valence-electron chi connectivity index (χ1n) is 3.31. The predicted molar refractivity (Wildman–Crippen MR) is 50.4 cm³/mol. The van der Waals surface area contributed by atoms with Crippen molar-refractivity contribution in [2.75, 3.05) is 0 Å². The lowest BCUT2D eigenvalue weighted by Gasteiger charge is -1.96. The van der Waals surface area contributed by atoms with Gasteiger partial charge >= 0.3 is 0 Å². The molecule has 6 heteroatoms. The Hall–Kier alpha value is -1.12. The van der Waals surface area contributed by atoms with Crippen molar-refractivity contribution in [2.45, 2.75) is 0 Å². The van der Waals surface area contributed by atoms with Crippen LogP contribution in [0.3, 0.4) is 0 Å². The molecule has 0 aromatic carbocycles. The van der Waals surface area contributed by atoms with E-state index in [-0.39, 0.29) is 5.28 Å². The van der Waals surface area contributed by atoms with Gasteiger partial charge in [-0.3, -0.25) is 4.40 Å². The molecule has 0 bridgehead atoms. The van der Waals surface area contributed by atoms with Crippen LogP contribution in [0, 0.1) is 11.3 Å². The van der Waals surface area contributed by atoms with Gasteiger partial charge in [0.2, 0.25) is 5.28 Å². The Balaban J connectivity index is 2.90. The molecule has 2 rings (SSSR count). The number of halogens is 2. The smallest absolute Gasteiger partial charge is 0.208 e. The van der Waals surface area contributed by atoms with E-state index in [1.807, 2.05) is 6.07 Å². The molecule has 0 spiro atoms. The number of hydrogen-bond acceptors (Lipinski definition) is 3. The average Bonchev–Trinajstić information content (AvgIpc) is 2.56. The molecule has 0 radical (unpaired) electrons. The van der Waals surface area contributed by atoms with Crippen LogP contribution in [0.25, 0.3) is 5.65 Å². The predicted octanol–water partition coefficient (Wildman–Crippen LogP) is 2.02. The van der Waals surface area contributed by atoms with Gasteiger partial charge in [0.15, 0.2) is 11.3 Å². The number of fused-ring (bicyclic) bond motifs is 1. The van der Waals surface area contributed by atoms with Crippen LogP contribution in [0.15, 0.2) is 16.9 Å². The molecule has 2 aromatic rings. The van der Waals surface area contributed by atoms with Gasteiger partial charge in [0.25, 0.3) is 0 Å². The minimum absolute atomic E-state index is 0.284. The molecule has 0 unspecified atom stereocenters. The number of rotatable bonds is 0. The van der Waals surface area contributed by atoms with E-state index in [4.69, 9.17) is 16.9 Å². The zero-order chi connectivity index (χ0) is 9.42. The summed E-state index contributed by atoms with van der Waals surface area (Å²) in [4.78, 5) is 7.91. The number of nitriles is 1. The Labute approximate surface area is 86.9 Å². The van der Waals surface area contributed by atoms with Crippen LogP contribution in [-0.2, 0) is 0 Å². The SMILES string of the molecule is N#Cc1cn2c(Cl)ncc(Br)c2n1. The zero-order valence-corrected chi connectivity index (χ0v) is 8.54. The van der Waals surface area contributed by atoms with Gasteiger partial charge in [0, 0.05) is 12.4 Å². The highest BCUT2D eigenvalue weighted by Gasteiger charge is 2.07. The van der Waals surface area contributed by atoms with Crippen LogP contribution in [0.1, 0.15) is 5.69 Å². The molecule has 0 amide bonds. The largest absolute Gasteiger partial charge is 0.272 e. The third kappa shape index (κ3) is 1.28. The van der Waals surface area contributed by atoms with Crippen molar-refractivity contribution in [3.63, 3.8) is 0 Å². The normalized spacial score (nSPS) is 10.2. The Morgan fingerprint density at radius 3 is 3.00 bits per heavy atom. The topological polar surface area (TPSA) is 54.0 Å². The van der Waals surface area contributed by atoms with Crippen LogP contribution >= 0.6 is 27.5 Å². The van der Waals surface area contributed by atoms with E-state index in [0.717, 1.165) is 0 Å².